The Labute approximate surface area is 124 Å². The molecule has 0 radical (unpaired) electrons. The molecule has 1 saturated heterocycles. The van der Waals surface area contributed by atoms with Gasteiger partial charge in [0.1, 0.15) is 5.82 Å². The van der Waals surface area contributed by atoms with Crippen LogP contribution in [-0.4, -0.2) is 48.6 Å². The number of carbonyl (C=O) groups excluding carboxylic acids is 1. The predicted molar refractivity (Wildman–Crippen MR) is 81.3 cm³/mol. The van der Waals surface area contributed by atoms with Crippen LogP contribution >= 0.6 is 0 Å². The van der Waals surface area contributed by atoms with Crippen LogP contribution in [0.1, 0.15) is 19.8 Å². The maximum Gasteiger partial charge on any atom is 0.239 e. The molecule has 0 unspecified atom stereocenters. The van der Waals surface area contributed by atoms with Crippen LogP contribution in [0.5, 0.6) is 5.88 Å². The van der Waals surface area contributed by atoms with E-state index >= 15 is 0 Å². The summed E-state index contributed by atoms with van der Waals surface area (Å²) in [6.45, 7) is 5.37. The standard InChI is InChI=1S/C15H22N4O2/c1-11(20)18-6-8-19(9-7-18)14-5-4-13(16)15(17-14)21-10-12-2-3-12/h4-5,12H,2-3,6-10,16H2,1H3. The van der Waals surface area contributed by atoms with Gasteiger partial charge >= 0.3 is 0 Å². The number of carbonyl (C=O) groups is 1. The summed E-state index contributed by atoms with van der Waals surface area (Å²) < 4.78 is 5.72. The Morgan fingerprint density at radius 2 is 2.05 bits per heavy atom. The highest BCUT2D eigenvalue weighted by molar-refractivity contribution is 5.73. The van der Waals surface area contributed by atoms with Gasteiger partial charge in [-0.3, -0.25) is 4.79 Å². The van der Waals surface area contributed by atoms with E-state index in [0.717, 1.165) is 32.0 Å². The van der Waals surface area contributed by atoms with Gasteiger partial charge in [0.25, 0.3) is 0 Å². The number of nitrogens with two attached hydrogens (primary N) is 1. The third-order valence-electron chi connectivity index (χ3n) is 4.08. The Hall–Kier alpha value is -1.98. The first-order valence-electron chi connectivity index (χ1n) is 7.53. The van der Waals surface area contributed by atoms with Gasteiger partial charge < -0.3 is 20.3 Å². The number of pyridine rings is 1. The Balaban J connectivity index is 1.64. The molecule has 1 saturated carbocycles. The van der Waals surface area contributed by atoms with Crippen molar-refractivity contribution in [3.63, 3.8) is 0 Å². The number of hydrogen-bond donors (Lipinski definition) is 1. The lowest BCUT2D eigenvalue weighted by Gasteiger charge is -2.35. The minimum Gasteiger partial charge on any atom is -0.476 e. The Bertz CT molecular complexity index is 522. The van der Waals surface area contributed by atoms with Gasteiger partial charge in [-0.05, 0) is 30.9 Å². The number of nitrogen functional groups attached to an aromatic ring is 1. The Morgan fingerprint density at radius 3 is 2.67 bits per heavy atom. The SMILES string of the molecule is CC(=O)N1CCN(c2ccc(N)c(OCC3CC3)n2)CC1. The van der Waals surface area contributed by atoms with E-state index < -0.39 is 0 Å². The van der Waals surface area contributed by atoms with Gasteiger partial charge in [-0.2, -0.15) is 4.98 Å². The molecule has 21 heavy (non-hydrogen) atoms. The molecule has 1 aliphatic heterocycles. The molecule has 6 nitrogen and oxygen atoms in total. The summed E-state index contributed by atoms with van der Waals surface area (Å²) in [4.78, 5) is 19.9. The molecule has 1 aromatic heterocycles. The fourth-order valence-electron chi connectivity index (χ4n) is 2.46. The van der Waals surface area contributed by atoms with Crippen molar-refractivity contribution in [3.8, 4) is 5.88 Å². The molecule has 3 rings (SSSR count). The highest BCUT2D eigenvalue weighted by Crippen LogP contribution is 2.31. The summed E-state index contributed by atoms with van der Waals surface area (Å²) >= 11 is 0. The van der Waals surface area contributed by atoms with Crippen LogP contribution in [0.15, 0.2) is 12.1 Å². The van der Waals surface area contributed by atoms with Crippen LogP contribution < -0.4 is 15.4 Å². The lowest BCUT2D eigenvalue weighted by molar-refractivity contribution is -0.129. The van der Waals surface area contributed by atoms with Crippen LogP contribution in [0.25, 0.3) is 0 Å². The summed E-state index contributed by atoms with van der Waals surface area (Å²) in [6, 6.07) is 3.77. The van der Waals surface area contributed by atoms with E-state index in [1.807, 2.05) is 17.0 Å². The summed E-state index contributed by atoms with van der Waals surface area (Å²) in [5.41, 5.74) is 6.51. The van der Waals surface area contributed by atoms with Crippen LogP contribution in [0.3, 0.4) is 0 Å². The minimum absolute atomic E-state index is 0.133. The maximum atomic E-state index is 11.4. The average Bonchev–Trinajstić information content (AvgIpc) is 3.31. The lowest BCUT2D eigenvalue weighted by atomic mass is 10.3. The van der Waals surface area contributed by atoms with Crippen LogP contribution in [0.4, 0.5) is 11.5 Å². The molecule has 1 aliphatic carbocycles. The fourth-order valence-corrected chi connectivity index (χ4v) is 2.46. The van der Waals surface area contributed by atoms with E-state index in [1.165, 1.54) is 12.8 Å². The van der Waals surface area contributed by atoms with E-state index in [-0.39, 0.29) is 5.91 Å². The topological polar surface area (TPSA) is 71.7 Å². The van der Waals surface area contributed by atoms with Crippen molar-refractivity contribution >= 4 is 17.4 Å². The molecule has 0 atom stereocenters. The second-order valence-electron chi connectivity index (χ2n) is 5.81. The van der Waals surface area contributed by atoms with Gasteiger partial charge in [-0.25, -0.2) is 0 Å². The molecular formula is C15H22N4O2. The van der Waals surface area contributed by atoms with Gasteiger partial charge in [0.15, 0.2) is 0 Å². The molecule has 2 heterocycles. The van der Waals surface area contributed by atoms with Crippen molar-refractivity contribution < 1.29 is 9.53 Å². The minimum atomic E-state index is 0.133. The van der Waals surface area contributed by atoms with Crippen molar-refractivity contribution in [1.29, 1.82) is 0 Å². The summed E-state index contributed by atoms with van der Waals surface area (Å²) in [5.74, 6) is 2.22. The molecule has 0 aromatic carbocycles. The number of amides is 1. The smallest absolute Gasteiger partial charge is 0.239 e. The van der Waals surface area contributed by atoms with Gasteiger partial charge in [-0.1, -0.05) is 0 Å². The second-order valence-corrected chi connectivity index (χ2v) is 5.81. The third-order valence-corrected chi connectivity index (χ3v) is 4.08. The van der Waals surface area contributed by atoms with Crippen molar-refractivity contribution in [2.75, 3.05) is 43.4 Å². The Morgan fingerprint density at radius 1 is 1.33 bits per heavy atom. The first-order valence-corrected chi connectivity index (χ1v) is 7.53. The van der Waals surface area contributed by atoms with Crippen LogP contribution in [-0.2, 0) is 4.79 Å². The molecule has 2 aliphatic rings. The van der Waals surface area contributed by atoms with Crippen molar-refractivity contribution in [1.82, 2.24) is 9.88 Å². The Kier molecular flexibility index (Phi) is 3.86. The van der Waals surface area contributed by atoms with E-state index in [9.17, 15) is 4.79 Å². The molecule has 0 spiro atoms. The fraction of sp³-hybridized carbons (Fsp3) is 0.600. The average molecular weight is 290 g/mol. The number of aromatic nitrogens is 1. The molecule has 0 bridgehead atoms. The zero-order chi connectivity index (χ0) is 14.8. The molecule has 114 valence electrons. The van der Waals surface area contributed by atoms with Gasteiger partial charge in [-0.15, -0.1) is 0 Å². The zero-order valence-corrected chi connectivity index (χ0v) is 12.4. The van der Waals surface area contributed by atoms with Gasteiger partial charge in [0, 0.05) is 33.1 Å². The largest absolute Gasteiger partial charge is 0.476 e. The van der Waals surface area contributed by atoms with Crippen LogP contribution in [0.2, 0.25) is 0 Å². The lowest BCUT2D eigenvalue weighted by Crippen LogP contribution is -2.48. The van der Waals surface area contributed by atoms with Crippen molar-refractivity contribution in [2.24, 2.45) is 5.92 Å². The molecule has 1 amide bonds. The molecular weight excluding hydrogens is 268 g/mol. The highest BCUT2D eigenvalue weighted by atomic mass is 16.5. The van der Waals surface area contributed by atoms with Crippen LogP contribution in [0, 0.1) is 5.92 Å². The number of rotatable bonds is 4. The summed E-state index contributed by atoms with van der Waals surface area (Å²) in [7, 11) is 0. The summed E-state index contributed by atoms with van der Waals surface area (Å²) in [6.07, 6.45) is 2.49. The van der Waals surface area contributed by atoms with Crippen molar-refractivity contribution in [3.05, 3.63) is 12.1 Å². The maximum absolute atomic E-state index is 11.4. The summed E-state index contributed by atoms with van der Waals surface area (Å²) in [5, 5.41) is 0. The van der Waals surface area contributed by atoms with Gasteiger partial charge in [0.2, 0.25) is 11.8 Å². The van der Waals surface area contributed by atoms with Crippen molar-refractivity contribution in [2.45, 2.75) is 19.8 Å². The molecule has 1 aromatic rings. The first-order chi connectivity index (χ1) is 10.1. The van der Waals surface area contributed by atoms with E-state index in [0.29, 0.717) is 24.1 Å². The number of ether oxygens (including phenoxy) is 1. The molecule has 2 fully saturated rings. The zero-order valence-electron chi connectivity index (χ0n) is 12.4. The number of piperazine rings is 1. The number of hydrogen-bond acceptors (Lipinski definition) is 5. The quantitative estimate of drug-likeness (QED) is 0.899. The molecule has 2 N–H and O–H groups in total. The first kappa shape index (κ1) is 14.0. The third kappa shape index (κ3) is 3.37. The van der Waals surface area contributed by atoms with E-state index in [4.69, 9.17) is 10.5 Å². The predicted octanol–water partition coefficient (Wildman–Crippen LogP) is 1.12. The van der Waals surface area contributed by atoms with E-state index in [1.54, 1.807) is 6.92 Å². The monoisotopic (exact) mass is 290 g/mol. The highest BCUT2D eigenvalue weighted by Gasteiger charge is 2.23. The number of anilines is 2. The van der Waals surface area contributed by atoms with E-state index in [2.05, 4.69) is 9.88 Å². The number of nitrogens with zero attached hydrogens (tertiary/aromatic N) is 3. The van der Waals surface area contributed by atoms with Gasteiger partial charge in [0.05, 0.1) is 12.3 Å². The molecule has 6 heteroatoms. The normalized spacial score (nSPS) is 18.7. The second kappa shape index (κ2) is 5.79.